The van der Waals surface area contributed by atoms with Crippen molar-refractivity contribution in [1.82, 2.24) is 5.32 Å². The molecule has 1 heterocycles. The molecule has 1 fully saturated rings. The molecule has 9 atom stereocenters. The molecule has 0 radical (unpaired) electrons. The van der Waals surface area contributed by atoms with Crippen LogP contribution in [0.1, 0.15) is 277 Å². The van der Waals surface area contributed by atoms with E-state index in [4.69, 9.17) is 9.47 Å². The summed E-state index contributed by atoms with van der Waals surface area (Å²) < 4.78 is 11.1. The van der Waals surface area contributed by atoms with Crippen LogP contribution in [0.2, 0.25) is 0 Å². The van der Waals surface area contributed by atoms with Crippen LogP contribution in [0.15, 0.2) is 24.3 Å². The van der Waals surface area contributed by atoms with Gasteiger partial charge in [0.25, 0.3) is 0 Å². The van der Waals surface area contributed by atoms with Crippen LogP contribution < -0.4 is 5.32 Å². The molecule has 0 aromatic heterocycles. The number of amides is 1. The zero-order valence-corrected chi connectivity index (χ0v) is 45.3. The number of carbonyl (C=O) groups excluding carboxylic acids is 1. The van der Waals surface area contributed by atoms with E-state index in [0.717, 1.165) is 38.5 Å². The lowest BCUT2D eigenvalue weighted by atomic mass is 9.98. The van der Waals surface area contributed by atoms with Crippen LogP contribution in [0.4, 0.5) is 0 Å². The summed E-state index contributed by atoms with van der Waals surface area (Å²) in [5.74, 6) is -0.708. The Morgan fingerprint density at radius 3 is 1.27 bits per heavy atom. The fourth-order valence-electron chi connectivity index (χ4n) is 9.64. The normalized spacial score (nSPS) is 20.4. The number of nitrogens with one attached hydrogen (secondary N) is 1. The van der Waals surface area contributed by atoms with Gasteiger partial charge in [0.15, 0.2) is 6.29 Å². The summed E-state index contributed by atoms with van der Waals surface area (Å²) in [5, 5.41) is 76.0. The van der Waals surface area contributed by atoms with E-state index in [1.807, 2.05) is 0 Å². The summed E-state index contributed by atoms with van der Waals surface area (Å²) in [4.78, 5) is 13.1. The lowest BCUT2D eigenvalue weighted by Gasteiger charge is -2.40. The van der Waals surface area contributed by atoms with Gasteiger partial charge in [-0.05, 0) is 51.4 Å². The molecule has 8 N–H and O–H groups in total. The molecule has 11 heteroatoms. The van der Waals surface area contributed by atoms with Crippen LogP contribution in [0.25, 0.3) is 0 Å². The second kappa shape index (κ2) is 48.5. The Kier molecular flexibility index (Phi) is 46.2. The van der Waals surface area contributed by atoms with Crippen molar-refractivity contribution < 1.29 is 50.0 Å². The first kappa shape index (κ1) is 66.6. The van der Waals surface area contributed by atoms with E-state index in [1.54, 1.807) is 0 Å². The topological polar surface area (TPSA) is 189 Å². The standard InChI is InChI=1S/C59H113NO10/c1-3-5-7-9-11-13-15-17-18-19-20-21-22-23-24-25-26-27-28-29-30-31-32-33-35-36-38-40-42-44-46-51(62)54(64)50(49-69-59-57(67)56(66)55(65)53(48-61)70-59)60-58(68)52(63)47-45-43-41-39-37-34-16-14-12-10-8-6-4-2/h32-33,38,40,50-57,59,61-67H,3-31,34-37,39,41-49H2,1-2H3,(H,60,68)/b33-32+,40-38+. The Bertz CT molecular complexity index is 1190. The minimum absolute atomic E-state index is 0.249. The van der Waals surface area contributed by atoms with Gasteiger partial charge in [0.1, 0.15) is 36.6 Å². The summed E-state index contributed by atoms with van der Waals surface area (Å²) >= 11 is 0. The van der Waals surface area contributed by atoms with Crippen molar-refractivity contribution in [3.8, 4) is 0 Å². The molecule has 0 bridgehead atoms. The third-order valence-corrected chi connectivity index (χ3v) is 14.5. The number of ether oxygens (including phenoxy) is 2. The number of allylic oxidation sites excluding steroid dienone is 4. The molecule has 1 aliphatic heterocycles. The maximum atomic E-state index is 13.1. The minimum Gasteiger partial charge on any atom is -0.394 e. The van der Waals surface area contributed by atoms with E-state index in [-0.39, 0.29) is 12.8 Å². The van der Waals surface area contributed by atoms with Crippen molar-refractivity contribution in [3.63, 3.8) is 0 Å². The smallest absolute Gasteiger partial charge is 0.249 e. The number of unbranched alkanes of at least 4 members (excludes halogenated alkanes) is 35. The van der Waals surface area contributed by atoms with Gasteiger partial charge in [0, 0.05) is 0 Å². The lowest BCUT2D eigenvalue weighted by Crippen LogP contribution is -2.60. The fraction of sp³-hybridized carbons (Fsp3) is 0.915. The molecule has 0 aliphatic carbocycles. The van der Waals surface area contributed by atoms with Crippen molar-refractivity contribution in [1.29, 1.82) is 0 Å². The second-order valence-electron chi connectivity index (χ2n) is 21.1. The van der Waals surface area contributed by atoms with Crippen LogP contribution in [0.3, 0.4) is 0 Å². The predicted molar refractivity (Wildman–Crippen MR) is 289 cm³/mol. The molecule has 1 aliphatic rings. The molecule has 414 valence electrons. The van der Waals surface area contributed by atoms with E-state index in [1.165, 1.54) is 193 Å². The first-order valence-electron chi connectivity index (χ1n) is 29.7. The number of rotatable bonds is 51. The molecule has 1 saturated heterocycles. The van der Waals surface area contributed by atoms with E-state index in [9.17, 15) is 40.5 Å². The van der Waals surface area contributed by atoms with Gasteiger partial charge in [0.2, 0.25) is 5.91 Å². The SMILES string of the molecule is CCCCCCCCCCCCCCCCCCCCCCC/C=C/CC/C=C/CCCC(O)C(O)C(COC1OC(CO)C(O)C(O)C1O)NC(=O)C(O)CCCCCCCCCCCCCCC. The quantitative estimate of drug-likeness (QED) is 0.0215. The number of aliphatic hydroxyl groups is 7. The highest BCUT2D eigenvalue weighted by Crippen LogP contribution is 2.23. The molecule has 11 nitrogen and oxygen atoms in total. The van der Waals surface area contributed by atoms with Gasteiger partial charge in [-0.15, -0.1) is 0 Å². The summed E-state index contributed by atoms with van der Waals surface area (Å²) in [7, 11) is 0. The summed E-state index contributed by atoms with van der Waals surface area (Å²) in [6, 6.07) is -1.19. The van der Waals surface area contributed by atoms with Gasteiger partial charge in [-0.25, -0.2) is 0 Å². The van der Waals surface area contributed by atoms with Crippen molar-refractivity contribution in [2.45, 2.75) is 332 Å². The van der Waals surface area contributed by atoms with E-state index in [0.29, 0.717) is 19.3 Å². The molecule has 9 unspecified atom stereocenters. The largest absolute Gasteiger partial charge is 0.394 e. The number of hydrogen-bond donors (Lipinski definition) is 8. The monoisotopic (exact) mass is 996 g/mol. The average Bonchev–Trinajstić information content (AvgIpc) is 3.36. The van der Waals surface area contributed by atoms with Crippen LogP contribution in [0.5, 0.6) is 0 Å². The zero-order valence-electron chi connectivity index (χ0n) is 45.3. The van der Waals surface area contributed by atoms with Gasteiger partial charge in [0.05, 0.1) is 25.4 Å². The zero-order chi connectivity index (χ0) is 51.1. The maximum absolute atomic E-state index is 13.1. The first-order valence-corrected chi connectivity index (χ1v) is 29.7. The molecule has 70 heavy (non-hydrogen) atoms. The van der Waals surface area contributed by atoms with Gasteiger partial charge >= 0.3 is 0 Å². The highest BCUT2D eigenvalue weighted by atomic mass is 16.7. The molecule has 0 spiro atoms. The second-order valence-corrected chi connectivity index (χ2v) is 21.1. The van der Waals surface area contributed by atoms with Crippen LogP contribution in [0, 0.1) is 0 Å². The predicted octanol–water partition coefficient (Wildman–Crippen LogP) is 12.5. The molecule has 0 aromatic carbocycles. The van der Waals surface area contributed by atoms with E-state index in [2.05, 4.69) is 43.5 Å². The van der Waals surface area contributed by atoms with Crippen LogP contribution >= 0.6 is 0 Å². The summed E-state index contributed by atoms with van der Waals surface area (Å²) in [6.07, 6.45) is 46.9. The Morgan fingerprint density at radius 2 is 0.857 bits per heavy atom. The molecule has 0 aromatic rings. The van der Waals surface area contributed by atoms with Gasteiger partial charge in [-0.3, -0.25) is 4.79 Å². The molecule has 0 saturated carbocycles. The van der Waals surface area contributed by atoms with E-state index >= 15 is 0 Å². The number of carbonyl (C=O) groups is 1. The molecular weight excluding hydrogens is 883 g/mol. The number of hydrogen-bond acceptors (Lipinski definition) is 10. The van der Waals surface area contributed by atoms with Gasteiger partial charge < -0.3 is 50.5 Å². The van der Waals surface area contributed by atoms with E-state index < -0.39 is 74.2 Å². The summed E-state index contributed by atoms with van der Waals surface area (Å²) in [6.45, 7) is 3.45. The van der Waals surface area contributed by atoms with Crippen molar-refractivity contribution >= 4 is 5.91 Å². The molecule has 1 amide bonds. The van der Waals surface area contributed by atoms with Gasteiger partial charge in [-0.2, -0.15) is 0 Å². The third-order valence-electron chi connectivity index (χ3n) is 14.5. The molecular formula is C59H113NO10. The highest BCUT2D eigenvalue weighted by molar-refractivity contribution is 5.80. The Hall–Kier alpha value is -1.41. The Morgan fingerprint density at radius 1 is 0.486 bits per heavy atom. The highest BCUT2D eigenvalue weighted by Gasteiger charge is 2.44. The molecule has 1 rings (SSSR count). The first-order chi connectivity index (χ1) is 34.2. The number of aliphatic hydroxyl groups excluding tert-OH is 7. The summed E-state index contributed by atoms with van der Waals surface area (Å²) in [5.41, 5.74) is 0. The Labute approximate surface area is 429 Å². The third kappa shape index (κ3) is 36.5. The lowest BCUT2D eigenvalue weighted by molar-refractivity contribution is -0.303. The van der Waals surface area contributed by atoms with Crippen molar-refractivity contribution in [2.24, 2.45) is 0 Å². The van der Waals surface area contributed by atoms with Crippen LogP contribution in [-0.4, -0.2) is 110 Å². The van der Waals surface area contributed by atoms with Crippen LogP contribution in [-0.2, 0) is 14.3 Å². The minimum atomic E-state index is -1.67. The average molecular weight is 997 g/mol. The Balaban J connectivity index is 2.26. The van der Waals surface area contributed by atoms with Crippen molar-refractivity contribution in [2.75, 3.05) is 13.2 Å². The van der Waals surface area contributed by atoms with Crippen molar-refractivity contribution in [3.05, 3.63) is 24.3 Å². The van der Waals surface area contributed by atoms with Gasteiger partial charge in [-0.1, -0.05) is 250 Å². The maximum Gasteiger partial charge on any atom is 0.249 e. The fourth-order valence-corrected chi connectivity index (χ4v) is 9.64.